The lowest BCUT2D eigenvalue weighted by Gasteiger charge is -2.28. The number of aromatic nitrogens is 1. The van der Waals surface area contributed by atoms with Crippen molar-refractivity contribution >= 4 is 57.0 Å². The van der Waals surface area contributed by atoms with Crippen molar-refractivity contribution in [3.8, 4) is 11.3 Å². The molecule has 2 heterocycles. The third-order valence-corrected chi connectivity index (χ3v) is 8.12. The molecule has 0 radical (unpaired) electrons. The number of thiazole rings is 1. The van der Waals surface area contributed by atoms with E-state index in [1.54, 1.807) is 12.1 Å². The Kier molecular flexibility index (Phi) is 8.38. The van der Waals surface area contributed by atoms with Crippen molar-refractivity contribution in [3.05, 3.63) is 88.3 Å². The fourth-order valence-corrected chi connectivity index (χ4v) is 6.11. The van der Waals surface area contributed by atoms with Crippen LogP contribution in [-0.2, 0) is 0 Å². The summed E-state index contributed by atoms with van der Waals surface area (Å²) in [7, 11) is 0. The molecule has 0 aliphatic carbocycles. The second-order valence-corrected chi connectivity index (χ2v) is 11.3. The van der Waals surface area contributed by atoms with Crippen molar-refractivity contribution in [1.29, 1.82) is 0 Å². The number of amides is 1. The highest BCUT2D eigenvalue weighted by molar-refractivity contribution is 7.14. The van der Waals surface area contributed by atoms with Crippen LogP contribution < -0.4 is 15.1 Å². The van der Waals surface area contributed by atoms with Gasteiger partial charge in [-0.2, -0.15) is 0 Å². The topological polar surface area (TPSA) is 85.8 Å². The number of halogens is 1. The second kappa shape index (κ2) is 12.1. The van der Waals surface area contributed by atoms with Crippen LogP contribution >= 0.6 is 22.9 Å². The van der Waals surface area contributed by atoms with Crippen LogP contribution in [0.3, 0.4) is 0 Å². The molecular formula is C31H31ClN4O3S. The molecule has 1 aromatic heterocycles. The number of carboxylic acid groups (broad SMARTS) is 1. The number of anilines is 4. The average molecular weight is 575 g/mol. The number of nitrogens with one attached hydrogen (secondary N) is 1. The van der Waals surface area contributed by atoms with Gasteiger partial charge in [-0.25, -0.2) is 9.78 Å². The summed E-state index contributed by atoms with van der Waals surface area (Å²) in [4.78, 5) is 33.4. The third-order valence-electron chi connectivity index (χ3n) is 6.97. The Labute approximate surface area is 243 Å². The zero-order valence-corrected chi connectivity index (χ0v) is 24.0. The largest absolute Gasteiger partial charge is 0.478 e. The summed E-state index contributed by atoms with van der Waals surface area (Å²) in [5, 5.41) is 15.2. The van der Waals surface area contributed by atoms with Gasteiger partial charge in [0.05, 0.1) is 16.3 Å². The third kappa shape index (κ3) is 6.13. The van der Waals surface area contributed by atoms with E-state index in [4.69, 9.17) is 16.6 Å². The minimum atomic E-state index is -1.06. The van der Waals surface area contributed by atoms with Gasteiger partial charge in [0.2, 0.25) is 0 Å². The molecule has 1 aliphatic rings. The second-order valence-electron chi connectivity index (χ2n) is 10.1. The smallest absolute Gasteiger partial charge is 0.337 e. The van der Waals surface area contributed by atoms with Gasteiger partial charge in [0, 0.05) is 52.7 Å². The molecule has 5 rings (SSSR count). The average Bonchev–Trinajstić information content (AvgIpc) is 3.43. The molecule has 1 fully saturated rings. The first-order valence-electron chi connectivity index (χ1n) is 13.3. The fourth-order valence-electron chi connectivity index (χ4n) is 4.87. The molecule has 40 heavy (non-hydrogen) atoms. The van der Waals surface area contributed by atoms with Gasteiger partial charge in [-0.3, -0.25) is 4.79 Å². The summed E-state index contributed by atoms with van der Waals surface area (Å²) in [5.74, 6) is -1.20. The van der Waals surface area contributed by atoms with Crippen molar-refractivity contribution in [3.63, 3.8) is 0 Å². The van der Waals surface area contributed by atoms with Crippen LogP contribution in [0.1, 0.15) is 53.8 Å². The van der Waals surface area contributed by atoms with E-state index in [2.05, 4.69) is 10.2 Å². The lowest BCUT2D eigenvalue weighted by Crippen LogP contribution is -2.29. The van der Waals surface area contributed by atoms with Gasteiger partial charge in [0.1, 0.15) is 0 Å². The molecule has 3 aromatic carbocycles. The quantitative estimate of drug-likeness (QED) is 0.222. The number of hydrogen-bond acceptors (Lipinski definition) is 6. The zero-order chi connectivity index (χ0) is 28.2. The SMILES string of the molecule is CC(C)N(c1ccc(C(=O)O)c(Cl)c1)c1nc(-c2ccc(NC(=O)c3ccc(N4CCCCC4)cc3)cc2)cs1. The predicted octanol–water partition coefficient (Wildman–Crippen LogP) is 7.95. The van der Waals surface area contributed by atoms with Crippen LogP contribution in [0.2, 0.25) is 5.02 Å². The van der Waals surface area contributed by atoms with Crippen molar-refractivity contribution in [1.82, 2.24) is 4.98 Å². The van der Waals surface area contributed by atoms with Crippen LogP contribution in [0.5, 0.6) is 0 Å². The Balaban J connectivity index is 1.27. The maximum Gasteiger partial charge on any atom is 0.337 e. The molecule has 7 nitrogen and oxygen atoms in total. The van der Waals surface area contributed by atoms with Crippen molar-refractivity contribution in [2.75, 3.05) is 28.2 Å². The number of carbonyl (C=O) groups excluding carboxylic acids is 1. The van der Waals surface area contributed by atoms with Crippen molar-refractivity contribution in [2.24, 2.45) is 0 Å². The monoisotopic (exact) mass is 574 g/mol. The minimum absolute atomic E-state index is 0.0654. The Morgan fingerprint density at radius 1 is 1.00 bits per heavy atom. The van der Waals surface area contributed by atoms with Gasteiger partial charge in [-0.1, -0.05) is 23.7 Å². The van der Waals surface area contributed by atoms with Gasteiger partial charge >= 0.3 is 5.97 Å². The van der Waals surface area contributed by atoms with Crippen LogP contribution in [0.4, 0.5) is 22.2 Å². The minimum Gasteiger partial charge on any atom is -0.478 e. The van der Waals surface area contributed by atoms with E-state index in [0.29, 0.717) is 11.3 Å². The number of carbonyl (C=O) groups is 2. The van der Waals surface area contributed by atoms with Gasteiger partial charge < -0.3 is 20.2 Å². The number of rotatable bonds is 8. The summed E-state index contributed by atoms with van der Waals surface area (Å²) in [6.07, 6.45) is 3.72. The van der Waals surface area contributed by atoms with Gasteiger partial charge in [-0.05, 0) is 87.7 Å². The van der Waals surface area contributed by atoms with Crippen LogP contribution in [-0.4, -0.2) is 41.1 Å². The van der Waals surface area contributed by atoms with Gasteiger partial charge in [0.25, 0.3) is 5.91 Å². The summed E-state index contributed by atoms with van der Waals surface area (Å²) in [5.41, 5.74) is 5.07. The summed E-state index contributed by atoms with van der Waals surface area (Å²) in [6, 6.07) is 20.4. The van der Waals surface area contributed by atoms with Crippen LogP contribution in [0.15, 0.2) is 72.1 Å². The van der Waals surface area contributed by atoms with Crippen molar-refractivity contribution in [2.45, 2.75) is 39.2 Å². The predicted molar refractivity (Wildman–Crippen MR) is 164 cm³/mol. The van der Waals surface area contributed by atoms with E-state index in [0.717, 1.165) is 35.2 Å². The summed E-state index contributed by atoms with van der Waals surface area (Å²) in [6.45, 7) is 6.22. The number of piperidine rings is 1. The van der Waals surface area contributed by atoms with E-state index in [9.17, 15) is 14.7 Å². The highest BCUT2D eigenvalue weighted by Crippen LogP contribution is 2.36. The molecule has 0 spiro atoms. The van der Waals surface area contributed by atoms with Crippen molar-refractivity contribution < 1.29 is 14.7 Å². The summed E-state index contributed by atoms with van der Waals surface area (Å²) < 4.78 is 0. The van der Waals surface area contributed by atoms with E-state index >= 15 is 0 Å². The standard InChI is InChI=1S/C31H31ClN4O3S/c1-20(2)36(25-14-15-26(30(38)39)27(32)18-25)31-34-28(19-40-31)21-6-10-23(11-7-21)33-29(37)22-8-12-24(13-9-22)35-16-4-3-5-17-35/h6-15,18-20H,3-5,16-17H2,1-2H3,(H,33,37)(H,38,39). The Morgan fingerprint density at radius 2 is 1.70 bits per heavy atom. The molecule has 0 atom stereocenters. The highest BCUT2D eigenvalue weighted by Gasteiger charge is 2.20. The Morgan fingerprint density at radius 3 is 2.33 bits per heavy atom. The van der Waals surface area contributed by atoms with Gasteiger partial charge in [-0.15, -0.1) is 11.3 Å². The summed E-state index contributed by atoms with van der Waals surface area (Å²) >= 11 is 7.73. The van der Waals surface area contributed by atoms with Crippen LogP contribution in [0, 0.1) is 0 Å². The lowest BCUT2D eigenvalue weighted by atomic mass is 10.1. The molecular weight excluding hydrogens is 544 g/mol. The maximum absolute atomic E-state index is 12.8. The number of carboxylic acids is 1. The van der Waals surface area contributed by atoms with E-state index in [-0.39, 0.29) is 22.5 Å². The molecule has 1 amide bonds. The molecule has 0 saturated carbocycles. The first-order valence-corrected chi connectivity index (χ1v) is 14.6. The molecule has 1 aliphatic heterocycles. The molecule has 0 unspecified atom stereocenters. The number of nitrogens with zero attached hydrogens (tertiary/aromatic N) is 3. The lowest BCUT2D eigenvalue weighted by molar-refractivity contribution is 0.0697. The fraction of sp³-hybridized carbons (Fsp3) is 0.258. The highest BCUT2D eigenvalue weighted by atomic mass is 35.5. The molecule has 206 valence electrons. The Hall–Kier alpha value is -3.88. The first-order chi connectivity index (χ1) is 19.3. The Bertz CT molecular complexity index is 1500. The van der Waals surface area contributed by atoms with E-state index in [1.807, 2.05) is 72.7 Å². The normalized spacial score (nSPS) is 13.3. The van der Waals surface area contributed by atoms with E-state index in [1.165, 1.54) is 42.4 Å². The molecule has 0 bridgehead atoms. The van der Waals surface area contributed by atoms with E-state index < -0.39 is 5.97 Å². The maximum atomic E-state index is 12.8. The number of benzene rings is 3. The number of aromatic carboxylic acids is 1. The zero-order valence-electron chi connectivity index (χ0n) is 22.4. The molecule has 4 aromatic rings. The number of hydrogen-bond donors (Lipinski definition) is 2. The van der Waals surface area contributed by atoms with Crippen LogP contribution in [0.25, 0.3) is 11.3 Å². The molecule has 2 N–H and O–H groups in total. The molecule has 1 saturated heterocycles. The molecule has 9 heteroatoms. The van der Waals surface area contributed by atoms with Gasteiger partial charge in [0.15, 0.2) is 5.13 Å². The first kappa shape index (κ1) is 27.7.